The van der Waals surface area contributed by atoms with E-state index in [0.717, 1.165) is 66.2 Å². The number of nitrogens with two attached hydrogens (primary N) is 1. The Hall–Kier alpha value is -3.22. The zero-order valence-corrected chi connectivity index (χ0v) is 18.9. The first-order chi connectivity index (χ1) is 16.1. The molecule has 0 amide bonds. The Kier molecular flexibility index (Phi) is 4.75. The molecule has 2 aliphatic rings. The van der Waals surface area contributed by atoms with Gasteiger partial charge in [-0.15, -0.1) is 0 Å². The van der Waals surface area contributed by atoms with Gasteiger partial charge in [0.15, 0.2) is 5.82 Å². The molecule has 168 valence electrons. The van der Waals surface area contributed by atoms with Crippen LogP contribution in [0.1, 0.15) is 41.4 Å². The van der Waals surface area contributed by atoms with Crippen LogP contribution in [0.15, 0.2) is 54.6 Å². The van der Waals surface area contributed by atoms with Crippen molar-refractivity contribution < 1.29 is 5.11 Å². The molecule has 1 spiro atoms. The van der Waals surface area contributed by atoms with E-state index in [1.54, 1.807) is 0 Å². The van der Waals surface area contributed by atoms with Gasteiger partial charge >= 0.3 is 0 Å². The van der Waals surface area contributed by atoms with E-state index >= 15 is 0 Å². The number of nitrogens with zero attached hydrogens (tertiary/aromatic N) is 3. The highest BCUT2D eigenvalue weighted by Gasteiger charge is 2.46. The molecule has 1 aliphatic carbocycles. The average Bonchev–Trinajstić information content (AvgIpc) is 3.39. The maximum absolute atomic E-state index is 10.2. The summed E-state index contributed by atoms with van der Waals surface area (Å²) in [7, 11) is 0. The number of aromatic amines is 1. The number of rotatable bonds is 3. The summed E-state index contributed by atoms with van der Waals surface area (Å²) < 4.78 is 0. The molecule has 1 saturated heterocycles. The van der Waals surface area contributed by atoms with Gasteiger partial charge in [-0.2, -0.15) is 0 Å². The van der Waals surface area contributed by atoms with Crippen LogP contribution in [0.4, 0.5) is 5.82 Å². The Balaban J connectivity index is 1.28. The third kappa shape index (κ3) is 3.24. The standard InChI is InChI=1S/C27H29N5O/c1-17-24(22-14-18-6-3-5-9-21(18)30-22)31-23(16-33)26(29-17)32-12-10-27(11-13-32)15-19-7-2-4-8-20(19)25(27)28/h2-9,14,25,30,33H,10-13,15-16,28H2,1H3. The summed E-state index contributed by atoms with van der Waals surface area (Å²) in [5.74, 6) is 0.800. The predicted molar refractivity (Wildman–Crippen MR) is 131 cm³/mol. The number of hydrogen-bond donors (Lipinski definition) is 3. The van der Waals surface area contributed by atoms with Crippen molar-refractivity contribution in [1.29, 1.82) is 0 Å². The number of benzene rings is 2. The van der Waals surface area contributed by atoms with Crippen LogP contribution < -0.4 is 10.6 Å². The highest BCUT2D eigenvalue weighted by Crippen LogP contribution is 2.51. The van der Waals surface area contributed by atoms with Gasteiger partial charge in [0.25, 0.3) is 0 Å². The Morgan fingerprint density at radius 2 is 1.85 bits per heavy atom. The third-order valence-electron chi connectivity index (χ3n) is 7.71. The molecule has 0 bridgehead atoms. The van der Waals surface area contributed by atoms with E-state index in [4.69, 9.17) is 15.7 Å². The lowest BCUT2D eigenvalue weighted by Gasteiger charge is -2.43. The van der Waals surface area contributed by atoms with Crippen LogP contribution in [0.25, 0.3) is 22.3 Å². The molecule has 1 unspecified atom stereocenters. The van der Waals surface area contributed by atoms with Crippen LogP contribution in [-0.4, -0.2) is 33.1 Å². The highest BCUT2D eigenvalue weighted by molar-refractivity contribution is 5.85. The van der Waals surface area contributed by atoms with Gasteiger partial charge in [0.05, 0.1) is 18.0 Å². The predicted octanol–water partition coefficient (Wildman–Crippen LogP) is 4.27. The van der Waals surface area contributed by atoms with E-state index in [1.807, 2.05) is 19.1 Å². The van der Waals surface area contributed by atoms with Crippen molar-refractivity contribution in [3.05, 3.63) is 77.1 Å². The Bertz CT molecular complexity index is 1300. The molecule has 33 heavy (non-hydrogen) atoms. The summed E-state index contributed by atoms with van der Waals surface area (Å²) >= 11 is 0. The minimum Gasteiger partial charge on any atom is -0.390 e. The van der Waals surface area contributed by atoms with Crippen LogP contribution in [0.2, 0.25) is 0 Å². The van der Waals surface area contributed by atoms with Gasteiger partial charge in [0, 0.05) is 30.0 Å². The molecule has 0 radical (unpaired) electrons. The third-order valence-corrected chi connectivity index (χ3v) is 7.71. The summed E-state index contributed by atoms with van der Waals surface area (Å²) in [4.78, 5) is 15.5. The largest absolute Gasteiger partial charge is 0.390 e. The number of aliphatic hydroxyl groups is 1. The fraction of sp³-hybridized carbons (Fsp3) is 0.333. The first-order valence-corrected chi connectivity index (χ1v) is 11.7. The summed E-state index contributed by atoms with van der Waals surface area (Å²) in [6, 6.07) is 19.0. The van der Waals surface area contributed by atoms with Gasteiger partial charge in [-0.3, -0.25) is 0 Å². The minimum atomic E-state index is -0.136. The van der Waals surface area contributed by atoms with Crippen LogP contribution >= 0.6 is 0 Å². The quantitative estimate of drug-likeness (QED) is 0.443. The number of fused-ring (bicyclic) bond motifs is 2. The minimum absolute atomic E-state index is 0.0883. The molecule has 1 aliphatic heterocycles. The molecule has 4 N–H and O–H groups in total. The second kappa shape index (κ2) is 7.68. The van der Waals surface area contributed by atoms with Gasteiger partial charge < -0.3 is 20.7 Å². The number of H-pyrrole nitrogens is 1. The SMILES string of the molecule is Cc1nc(N2CCC3(CC2)Cc2ccccc2C3N)c(CO)nc1-c1cc2ccccc2[nH]1. The van der Waals surface area contributed by atoms with Gasteiger partial charge in [-0.25, -0.2) is 9.97 Å². The van der Waals surface area contributed by atoms with Crippen molar-refractivity contribution in [3.63, 3.8) is 0 Å². The van der Waals surface area contributed by atoms with Gasteiger partial charge in [-0.05, 0) is 54.9 Å². The normalized spacial score (nSPS) is 19.4. The maximum Gasteiger partial charge on any atom is 0.153 e. The van der Waals surface area contributed by atoms with Crippen molar-refractivity contribution in [1.82, 2.24) is 15.0 Å². The molecule has 4 aromatic rings. The molecular weight excluding hydrogens is 410 g/mol. The Morgan fingerprint density at radius 1 is 1.09 bits per heavy atom. The summed E-state index contributed by atoms with van der Waals surface area (Å²) in [6.45, 7) is 3.60. The molecule has 6 heteroatoms. The second-order valence-electron chi connectivity index (χ2n) is 9.56. The van der Waals surface area contributed by atoms with Crippen LogP contribution in [0.3, 0.4) is 0 Å². The number of anilines is 1. The van der Waals surface area contributed by atoms with Crippen molar-refractivity contribution in [3.8, 4) is 11.4 Å². The molecular formula is C27H29N5O. The Morgan fingerprint density at radius 3 is 2.61 bits per heavy atom. The number of hydrogen-bond acceptors (Lipinski definition) is 5. The van der Waals surface area contributed by atoms with Gasteiger partial charge in [-0.1, -0.05) is 42.5 Å². The van der Waals surface area contributed by atoms with E-state index in [1.165, 1.54) is 11.1 Å². The number of aliphatic hydroxyl groups excluding tert-OH is 1. The summed E-state index contributed by atoms with van der Waals surface area (Å²) in [5, 5.41) is 11.3. The fourth-order valence-electron chi connectivity index (χ4n) is 5.83. The molecule has 1 atom stereocenters. The molecule has 3 heterocycles. The summed E-state index contributed by atoms with van der Waals surface area (Å²) in [6.07, 6.45) is 3.07. The lowest BCUT2D eigenvalue weighted by molar-refractivity contribution is 0.186. The van der Waals surface area contributed by atoms with Crippen molar-refractivity contribution in [2.45, 2.75) is 38.8 Å². The molecule has 2 aromatic carbocycles. The van der Waals surface area contributed by atoms with E-state index in [-0.39, 0.29) is 18.1 Å². The zero-order valence-electron chi connectivity index (χ0n) is 18.9. The van der Waals surface area contributed by atoms with Gasteiger partial charge in [0.2, 0.25) is 0 Å². The second-order valence-corrected chi connectivity index (χ2v) is 9.56. The van der Waals surface area contributed by atoms with Crippen LogP contribution in [0, 0.1) is 12.3 Å². The van der Waals surface area contributed by atoms with E-state index in [9.17, 15) is 5.11 Å². The molecule has 1 fully saturated rings. The first-order valence-electron chi connectivity index (χ1n) is 11.7. The number of aryl methyl sites for hydroxylation is 1. The number of para-hydroxylation sites is 1. The van der Waals surface area contributed by atoms with Crippen molar-refractivity contribution >= 4 is 16.7 Å². The lowest BCUT2D eigenvalue weighted by Crippen LogP contribution is -2.45. The lowest BCUT2D eigenvalue weighted by atomic mass is 9.73. The monoisotopic (exact) mass is 439 g/mol. The number of piperidine rings is 1. The fourth-order valence-corrected chi connectivity index (χ4v) is 5.83. The maximum atomic E-state index is 10.2. The van der Waals surface area contributed by atoms with E-state index in [2.05, 4.69) is 52.3 Å². The van der Waals surface area contributed by atoms with Crippen molar-refractivity contribution in [2.24, 2.45) is 11.1 Å². The van der Waals surface area contributed by atoms with Gasteiger partial charge in [0.1, 0.15) is 11.4 Å². The number of nitrogens with one attached hydrogen (secondary N) is 1. The highest BCUT2D eigenvalue weighted by atomic mass is 16.3. The van der Waals surface area contributed by atoms with E-state index < -0.39 is 0 Å². The van der Waals surface area contributed by atoms with E-state index in [0.29, 0.717) is 5.69 Å². The summed E-state index contributed by atoms with van der Waals surface area (Å²) in [5.41, 5.74) is 13.8. The molecule has 0 saturated carbocycles. The zero-order chi connectivity index (χ0) is 22.6. The van der Waals surface area contributed by atoms with Crippen LogP contribution in [0.5, 0.6) is 0 Å². The molecule has 6 rings (SSSR count). The smallest absolute Gasteiger partial charge is 0.153 e. The van der Waals surface area contributed by atoms with Crippen LogP contribution in [-0.2, 0) is 13.0 Å². The molecule has 6 nitrogen and oxygen atoms in total. The first kappa shape index (κ1) is 20.4. The Labute approximate surface area is 193 Å². The number of aromatic nitrogens is 3. The van der Waals surface area contributed by atoms with Crippen molar-refractivity contribution in [2.75, 3.05) is 18.0 Å². The average molecular weight is 440 g/mol. The topological polar surface area (TPSA) is 91.1 Å². The molecule has 2 aromatic heterocycles.